The fourth-order valence-corrected chi connectivity index (χ4v) is 1.26. The number of hydrogen-bond donors (Lipinski definition) is 1. The summed E-state index contributed by atoms with van der Waals surface area (Å²) in [4.78, 5) is 11.7. The molecule has 16 heavy (non-hydrogen) atoms. The van der Waals surface area contributed by atoms with E-state index in [0.29, 0.717) is 0 Å². The average Bonchev–Trinajstić information content (AvgIpc) is 2.14. The predicted molar refractivity (Wildman–Crippen MR) is 66.0 cm³/mol. The van der Waals surface area contributed by atoms with Crippen LogP contribution in [0.15, 0.2) is 0 Å². The van der Waals surface area contributed by atoms with Gasteiger partial charge >= 0.3 is 5.97 Å². The molecule has 3 nitrogen and oxygen atoms in total. The van der Waals surface area contributed by atoms with E-state index in [-0.39, 0.29) is 18.1 Å². The number of terminal acetylenes is 1. The molecule has 0 aromatic heterocycles. The van der Waals surface area contributed by atoms with Crippen molar-refractivity contribution in [2.45, 2.75) is 65.1 Å². The van der Waals surface area contributed by atoms with Gasteiger partial charge < -0.3 is 4.74 Å². The zero-order valence-electron chi connectivity index (χ0n) is 11.0. The van der Waals surface area contributed by atoms with Gasteiger partial charge in [0.15, 0.2) is 0 Å². The molecule has 1 N–H and O–H groups in total. The maximum atomic E-state index is 11.7. The lowest BCUT2D eigenvalue weighted by atomic mass is 10.1. The molecule has 0 bridgehead atoms. The maximum Gasteiger partial charge on any atom is 0.323 e. The van der Waals surface area contributed by atoms with Crippen LogP contribution in [0.2, 0.25) is 0 Å². The van der Waals surface area contributed by atoms with Crippen LogP contribution < -0.4 is 5.32 Å². The minimum Gasteiger partial charge on any atom is -0.459 e. The van der Waals surface area contributed by atoms with Crippen LogP contribution in [0.5, 0.6) is 0 Å². The molecule has 0 aliphatic heterocycles. The Morgan fingerprint density at radius 2 is 2.06 bits per heavy atom. The molecule has 0 aliphatic rings. The van der Waals surface area contributed by atoms with Crippen molar-refractivity contribution in [3.05, 3.63) is 0 Å². The van der Waals surface area contributed by atoms with E-state index in [4.69, 9.17) is 11.2 Å². The van der Waals surface area contributed by atoms with Crippen molar-refractivity contribution in [3.8, 4) is 12.3 Å². The van der Waals surface area contributed by atoms with Gasteiger partial charge in [0.25, 0.3) is 0 Å². The molecule has 0 aromatic rings. The second-order valence-electron chi connectivity index (χ2n) is 4.93. The molecule has 0 aromatic carbocycles. The van der Waals surface area contributed by atoms with E-state index in [0.717, 1.165) is 12.8 Å². The van der Waals surface area contributed by atoms with Crippen molar-refractivity contribution < 1.29 is 9.53 Å². The molecule has 0 aliphatic carbocycles. The predicted octanol–water partition coefficient (Wildman–Crippen LogP) is 2.11. The van der Waals surface area contributed by atoms with E-state index in [1.165, 1.54) is 0 Å². The van der Waals surface area contributed by atoms with Crippen molar-refractivity contribution in [2.75, 3.05) is 0 Å². The van der Waals surface area contributed by atoms with Crippen LogP contribution in [0.4, 0.5) is 0 Å². The summed E-state index contributed by atoms with van der Waals surface area (Å²) < 4.78 is 5.25. The van der Waals surface area contributed by atoms with Crippen molar-refractivity contribution in [2.24, 2.45) is 0 Å². The lowest BCUT2D eigenvalue weighted by molar-refractivity contribution is -0.157. The topological polar surface area (TPSA) is 38.3 Å². The van der Waals surface area contributed by atoms with Gasteiger partial charge in [-0.25, -0.2) is 0 Å². The number of rotatable bonds is 5. The van der Waals surface area contributed by atoms with Crippen LogP contribution in [0.1, 0.15) is 47.5 Å². The first-order chi connectivity index (χ1) is 7.30. The molecule has 92 valence electrons. The molecular formula is C13H23NO2. The Balaban J connectivity index is 4.19. The molecule has 0 saturated carbocycles. The van der Waals surface area contributed by atoms with E-state index in [2.05, 4.69) is 18.2 Å². The summed E-state index contributed by atoms with van der Waals surface area (Å²) in [6, 6.07) is -0.431. The number of carbonyl (C=O) groups is 1. The lowest BCUT2D eigenvalue weighted by Crippen LogP contribution is -2.43. The second kappa shape index (κ2) is 6.55. The van der Waals surface area contributed by atoms with Gasteiger partial charge in [-0.3, -0.25) is 10.1 Å². The summed E-state index contributed by atoms with van der Waals surface area (Å²) in [5, 5.41) is 3.08. The fourth-order valence-electron chi connectivity index (χ4n) is 1.26. The third-order valence-corrected chi connectivity index (χ3v) is 1.99. The zero-order chi connectivity index (χ0) is 12.8. The van der Waals surface area contributed by atoms with Gasteiger partial charge in [-0.15, -0.1) is 6.42 Å². The number of nitrogens with one attached hydrogen (secondary N) is 1. The summed E-state index contributed by atoms with van der Waals surface area (Å²) in [7, 11) is 0. The van der Waals surface area contributed by atoms with Gasteiger partial charge in [0.2, 0.25) is 0 Å². The van der Waals surface area contributed by atoms with E-state index in [1.807, 2.05) is 20.8 Å². The average molecular weight is 225 g/mol. The van der Waals surface area contributed by atoms with Gasteiger partial charge in [-0.05, 0) is 34.1 Å². The number of ether oxygens (including phenoxy) is 1. The smallest absolute Gasteiger partial charge is 0.323 e. The summed E-state index contributed by atoms with van der Waals surface area (Å²) in [5.74, 6) is 2.37. The van der Waals surface area contributed by atoms with Crippen molar-refractivity contribution in [1.29, 1.82) is 0 Å². The molecule has 2 unspecified atom stereocenters. The highest BCUT2D eigenvalue weighted by Gasteiger charge is 2.22. The third-order valence-electron chi connectivity index (χ3n) is 1.99. The molecule has 0 amide bonds. The Morgan fingerprint density at radius 3 is 2.44 bits per heavy atom. The van der Waals surface area contributed by atoms with Gasteiger partial charge in [0.05, 0.1) is 6.04 Å². The Kier molecular flexibility index (Phi) is 6.13. The Hall–Kier alpha value is -1.01. The van der Waals surface area contributed by atoms with Crippen molar-refractivity contribution in [3.63, 3.8) is 0 Å². The maximum absolute atomic E-state index is 11.7. The van der Waals surface area contributed by atoms with Gasteiger partial charge in [-0.2, -0.15) is 0 Å². The van der Waals surface area contributed by atoms with E-state index < -0.39 is 5.60 Å². The molecule has 0 heterocycles. The van der Waals surface area contributed by atoms with Crippen LogP contribution in [-0.4, -0.2) is 23.7 Å². The van der Waals surface area contributed by atoms with E-state index in [1.54, 1.807) is 6.92 Å². The first kappa shape index (κ1) is 15.0. The first-order valence-corrected chi connectivity index (χ1v) is 5.75. The van der Waals surface area contributed by atoms with Crippen molar-refractivity contribution >= 4 is 5.97 Å². The fraction of sp³-hybridized carbons (Fsp3) is 0.769. The van der Waals surface area contributed by atoms with E-state index >= 15 is 0 Å². The largest absolute Gasteiger partial charge is 0.459 e. The van der Waals surface area contributed by atoms with Crippen LogP contribution >= 0.6 is 0 Å². The molecule has 2 atom stereocenters. The van der Waals surface area contributed by atoms with Crippen LogP contribution in [-0.2, 0) is 9.53 Å². The Morgan fingerprint density at radius 1 is 1.50 bits per heavy atom. The van der Waals surface area contributed by atoms with Crippen molar-refractivity contribution in [1.82, 2.24) is 5.32 Å². The Bertz CT molecular complexity index is 260. The monoisotopic (exact) mass is 225 g/mol. The van der Waals surface area contributed by atoms with Gasteiger partial charge in [0.1, 0.15) is 11.6 Å². The molecule has 0 rings (SSSR count). The number of carbonyl (C=O) groups excluding carboxylic acids is 1. The normalized spacial score (nSPS) is 15.0. The van der Waals surface area contributed by atoms with Crippen LogP contribution in [0.25, 0.3) is 0 Å². The minimum absolute atomic E-state index is 0.0625. The number of hydrogen-bond acceptors (Lipinski definition) is 3. The van der Waals surface area contributed by atoms with Gasteiger partial charge in [0, 0.05) is 0 Å². The third kappa shape index (κ3) is 6.47. The highest BCUT2D eigenvalue weighted by atomic mass is 16.6. The van der Waals surface area contributed by atoms with Gasteiger partial charge in [-0.1, -0.05) is 19.3 Å². The highest BCUT2D eigenvalue weighted by Crippen LogP contribution is 2.09. The highest BCUT2D eigenvalue weighted by molar-refractivity contribution is 5.75. The summed E-state index contributed by atoms with van der Waals surface area (Å²) in [5.41, 5.74) is -0.455. The molecule has 0 saturated heterocycles. The standard InChI is InChI=1S/C13H23NO2/c1-7-9-11(8-2)14-10(3)12(15)16-13(4,5)6/h2,10-11,14H,7,9H2,1,3-6H3. The van der Waals surface area contributed by atoms with E-state index in [9.17, 15) is 4.79 Å². The first-order valence-electron chi connectivity index (χ1n) is 5.75. The quantitative estimate of drug-likeness (QED) is 0.575. The zero-order valence-corrected chi connectivity index (χ0v) is 11.0. The number of esters is 1. The molecule has 0 radical (unpaired) electrons. The molecular weight excluding hydrogens is 202 g/mol. The molecule has 0 spiro atoms. The summed E-state index contributed by atoms with van der Waals surface area (Å²) >= 11 is 0. The van der Waals surface area contributed by atoms with Crippen LogP contribution in [0.3, 0.4) is 0 Å². The lowest BCUT2D eigenvalue weighted by Gasteiger charge is -2.24. The Labute approximate surface area is 98.9 Å². The van der Waals surface area contributed by atoms with Crippen LogP contribution in [0, 0.1) is 12.3 Å². The SMILES string of the molecule is C#CC(CCC)NC(C)C(=O)OC(C)(C)C. The molecule has 3 heteroatoms. The molecule has 0 fully saturated rings. The summed E-state index contributed by atoms with van der Waals surface area (Å²) in [6.45, 7) is 9.38. The second-order valence-corrected chi connectivity index (χ2v) is 4.93. The minimum atomic E-state index is -0.455. The summed E-state index contributed by atoms with van der Waals surface area (Å²) in [6.07, 6.45) is 7.22.